The van der Waals surface area contributed by atoms with E-state index in [1.54, 1.807) is 25.1 Å². The molecule has 0 saturated carbocycles. The van der Waals surface area contributed by atoms with Crippen LogP contribution in [-0.4, -0.2) is 32.7 Å². The number of aromatic amines is 1. The van der Waals surface area contributed by atoms with Gasteiger partial charge in [-0.1, -0.05) is 20.3 Å². The normalized spacial score (nSPS) is 14.9. The van der Waals surface area contributed by atoms with E-state index in [9.17, 15) is 14.7 Å². The van der Waals surface area contributed by atoms with Crippen LogP contribution in [-0.2, 0) is 6.54 Å². The zero-order chi connectivity index (χ0) is 18.8. The van der Waals surface area contributed by atoms with E-state index >= 15 is 0 Å². The minimum atomic E-state index is -0.976. The fourth-order valence-electron chi connectivity index (χ4n) is 2.66. The molecule has 3 N–H and O–H groups in total. The third kappa shape index (κ3) is 3.99. The molecule has 0 saturated heterocycles. The van der Waals surface area contributed by atoms with Crippen molar-refractivity contribution in [3.63, 3.8) is 0 Å². The van der Waals surface area contributed by atoms with Crippen molar-refractivity contribution >= 4 is 29.0 Å². The molecule has 0 spiro atoms. The molecule has 0 radical (unpaired) electrons. The van der Waals surface area contributed by atoms with Crippen LogP contribution in [0.5, 0.6) is 0 Å². The van der Waals surface area contributed by atoms with Gasteiger partial charge in [-0.2, -0.15) is 0 Å². The van der Waals surface area contributed by atoms with E-state index in [1.165, 1.54) is 4.57 Å². The summed E-state index contributed by atoms with van der Waals surface area (Å²) in [6.45, 7) is 8.15. The molecular weight excluding hydrogens is 338 g/mol. The Morgan fingerprint density at radius 2 is 2.12 bits per heavy atom. The molecule has 6 nitrogen and oxygen atoms in total. The summed E-state index contributed by atoms with van der Waals surface area (Å²) in [5.41, 5.74) is -0.212. The van der Waals surface area contributed by atoms with E-state index in [1.807, 2.05) is 20.8 Å². The van der Waals surface area contributed by atoms with Crippen molar-refractivity contribution < 1.29 is 9.90 Å². The van der Waals surface area contributed by atoms with Crippen LogP contribution in [0, 0.1) is 10.7 Å². The van der Waals surface area contributed by atoms with Gasteiger partial charge in [0.15, 0.2) is 4.77 Å². The summed E-state index contributed by atoms with van der Waals surface area (Å²) >= 11 is 5.19. The number of aromatic nitrogens is 2. The molecule has 1 heterocycles. The van der Waals surface area contributed by atoms with Gasteiger partial charge in [0.2, 0.25) is 0 Å². The number of hydrogen-bond acceptors (Lipinski definition) is 4. The van der Waals surface area contributed by atoms with Gasteiger partial charge in [-0.3, -0.25) is 14.2 Å². The quantitative estimate of drug-likeness (QED) is 0.689. The number of H-pyrrole nitrogens is 1. The summed E-state index contributed by atoms with van der Waals surface area (Å²) in [6.07, 6.45) is 0.819. The number of fused-ring (bicyclic) bond motifs is 1. The molecule has 0 aliphatic rings. The second-order valence-electron chi connectivity index (χ2n) is 6.59. The molecule has 7 heteroatoms. The first-order valence-corrected chi connectivity index (χ1v) is 8.89. The van der Waals surface area contributed by atoms with E-state index in [2.05, 4.69) is 10.3 Å². The van der Waals surface area contributed by atoms with Crippen LogP contribution in [0.25, 0.3) is 10.9 Å². The van der Waals surface area contributed by atoms with Gasteiger partial charge >= 0.3 is 0 Å². The second kappa shape index (κ2) is 7.49. The van der Waals surface area contributed by atoms with Crippen LogP contribution < -0.4 is 10.9 Å². The first-order valence-electron chi connectivity index (χ1n) is 8.48. The maximum Gasteiger partial charge on any atom is 0.262 e. The number of nitrogens with one attached hydrogen (secondary N) is 2. The summed E-state index contributed by atoms with van der Waals surface area (Å²) in [7, 11) is 0. The number of benzene rings is 1. The van der Waals surface area contributed by atoms with Gasteiger partial charge in [-0.15, -0.1) is 0 Å². The molecule has 136 valence electrons. The molecule has 1 aromatic carbocycles. The van der Waals surface area contributed by atoms with E-state index in [-0.39, 0.29) is 23.9 Å². The molecule has 0 fully saturated rings. The topological polar surface area (TPSA) is 87.1 Å². The average molecular weight is 363 g/mol. The van der Waals surface area contributed by atoms with Gasteiger partial charge in [0.05, 0.1) is 16.5 Å². The fourth-order valence-corrected chi connectivity index (χ4v) is 2.98. The van der Waals surface area contributed by atoms with Crippen molar-refractivity contribution in [2.45, 2.75) is 46.3 Å². The molecule has 0 unspecified atom stereocenters. The van der Waals surface area contributed by atoms with E-state index in [0.717, 1.165) is 6.42 Å². The maximum absolute atomic E-state index is 12.4. The number of hydrogen-bond donors (Lipinski definition) is 3. The largest absolute Gasteiger partial charge is 0.388 e. The summed E-state index contributed by atoms with van der Waals surface area (Å²) in [4.78, 5) is 27.8. The Bertz CT molecular complexity index is 899. The Labute approximate surface area is 151 Å². The lowest BCUT2D eigenvalue weighted by Gasteiger charge is -2.29. The monoisotopic (exact) mass is 363 g/mol. The minimum absolute atomic E-state index is 0.0630. The van der Waals surface area contributed by atoms with Gasteiger partial charge in [-0.25, -0.2) is 0 Å². The zero-order valence-electron chi connectivity index (χ0n) is 15.0. The molecule has 2 rings (SSSR count). The maximum atomic E-state index is 12.4. The zero-order valence-corrected chi connectivity index (χ0v) is 15.9. The Hall–Kier alpha value is -1.99. The van der Waals surface area contributed by atoms with Crippen molar-refractivity contribution in [2.24, 2.45) is 5.92 Å². The van der Waals surface area contributed by atoms with Crippen LogP contribution in [0.1, 0.15) is 44.5 Å². The lowest BCUT2D eigenvalue weighted by molar-refractivity contribution is 0.00593. The highest BCUT2D eigenvalue weighted by Gasteiger charge is 2.27. The highest BCUT2D eigenvalue weighted by Crippen LogP contribution is 2.19. The van der Waals surface area contributed by atoms with E-state index in [0.29, 0.717) is 27.8 Å². The Morgan fingerprint density at radius 3 is 2.72 bits per heavy atom. The molecule has 25 heavy (non-hydrogen) atoms. The lowest BCUT2D eigenvalue weighted by atomic mass is 9.88. The third-order valence-electron chi connectivity index (χ3n) is 4.84. The lowest BCUT2D eigenvalue weighted by Crippen LogP contribution is -2.45. The van der Waals surface area contributed by atoms with Crippen LogP contribution >= 0.6 is 12.2 Å². The predicted octanol–water partition coefficient (Wildman–Crippen LogP) is 2.61. The number of amides is 1. The van der Waals surface area contributed by atoms with Gasteiger partial charge in [0.25, 0.3) is 11.5 Å². The van der Waals surface area contributed by atoms with Crippen molar-refractivity contribution in [3.8, 4) is 0 Å². The van der Waals surface area contributed by atoms with Crippen molar-refractivity contribution in [1.29, 1.82) is 0 Å². The second-order valence-corrected chi connectivity index (χ2v) is 6.98. The Morgan fingerprint density at radius 1 is 1.44 bits per heavy atom. The standard InChI is InChI=1S/C18H25N3O3S/c1-5-11(3)18(4,24)10-19-15(22)12-7-8-13-14(9-12)20-17(25)21(6-2)16(13)23/h7-9,11,24H,5-6,10H2,1-4H3,(H,19,22)(H,20,25)/t11-,18-/m1/s1. The van der Waals surface area contributed by atoms with Crippen molar-refractivity contribution in [2.75, 3.05) is 6.54 Å². The number of aliphatic hydroxyl groups is 1. The number of rotatable bonds is 6. The SMILES string of the molecule is CC[C@@H](C)[C@](C)(O)CNC(=O)c1ccc2c(=O)n(CC)c(=S)[nH]c2c1. The Balaban J connectivity index is 2.29. The molecule has 2 aromatic rings. The smallest absolute Gasteiger partial charge is 0.262 e. The summed E-state index contributed by atoms with van der Waals surface area (Å²) in [5, 5.41) is 13.6. The number of nitrogens with zero attached hydrogens (tertiary/aromatic N) is 1. The van der Waals surface area contributed by atoms with Crippen LogP contribution in [0.4, 0.5) is 0 Å². The molecular formula is C18H25N3O3S. The number of carbonyl (C=O) groups is 1. The highest BCUT2D eigenvalue weighted by molar-refractivity contribution is 7.71. The van der Waals surface area contributed by atoms with Gasteiger partial charge in [0, 0.05) is 18.7 Å². The molecule has 0 aliphatic heterocycles. The molecule has 0 bridgehead atoms. The summed E-state index contributed by atoms with van der Waals surface area (Å²) in [6, 6.07) is 4.84. The fraction of sp³-hybridized carbons (Fsp3) is 0.500. The average Bonchev–Trinajstić information content (AvgIpc) is 2.58. The van der Waals surface area contributed by atoms with Crippen LogP contribution in [0.15, 0.2) is 23.0 Å². The number of carbonyl (C=O) groups excluding carboxylic acids is 1. The summed E-state index contributed by atoms with van der Waals surface area (Å²) < 4.78 is 1.80. The molecule has 0 aliphatic carbocycles. The van der Waals surface area contributed by atoms with E-state index < -0.39 is 5.60 Å². The molecule has 2 atom stereocenters. The van der Waals surface area contributed by atoms with Crippen molar-refractivity contribution in [3.05, 3.63) is 38.9 Å². The highest BCUT2D eigenvalue weighted by atomic mass is 32.1. The predicted molar refractivity (Wildman–Crippen MR) is 101 cm³/mol. The first kappa shape index (κ1) is 19.3. The van der Waals surface area contributed by atoms with Gasteiger partial charge in [0.1, 0.15) is 0 Å². The van der Waals surface area contributed by atoms with Gasteiger partial charge in [-0.05, 0) is 50.2 Å². The van der Waals surface area contributed by atoms with E-state index in [4.69, 9.17) is 12.2 Å². The van der Waals surface area contributed by atoms with Crippen LogP contribution in [0.2, 0.25) is 0 Å². The summed E-state index contributed by atoms with van der Waals surface area (Å²) in [5.74, 6) is -0.238. The minimum Gasteiger partial charge on any atom is -0.388 e. The third-order valence-corrected chi connectivity index (χ3v) is 5.16. The van der Waals surface area contributed by atoms with Gasteiger partial charge < -0.3 is 15.4 Å². The Kier molecular flexibility index (Phi) is 5.80. The molecule has 1 amide bonds. The molecule has 1 aromatic heterocycles. The van der Waals surface area contributed by atoms with Crippen LogP contribution in [0.3, 0.4) is 0 Å². The first-order chi connectivity index (χ1) is 11.7. The van der Waals surface area contributed by atoms with Crippen molar-refractivity contribution in [1.82, 2.24) is 14.9 Å².